The van der Waals surface area contributed by atoms with Gasteiger partial charge in [-0.05, 0) is 35.7 Å². The van der Waals surface area contributed by atoms with Crippen LogP contribution >= 0.6 is 11.3 Å². The Morgan fingerprint density at radius 2 is 1.90 bits per heavy atom. The first-order valence-electron chi connectivity index (χ1n) is 9.83. The minimum atomic E-state index is -0.147. The van der Waals surface area contributed by atoms with Crippen molar-refractivity contribution >= 4 is 34.5 Å². The van der Waals surface area contributed by atoms with E-state index in [2.05, 4.69) is 61.7 Å². The second-order valence-electron chi connectivity index (χ2n) is 7.10. The third kappa shape index (κ3) is 3.81. The van der Waals surface area contributed by atoms with Crippen LogP contribution in [0.4, 0.5) is 16.3 Å². The normalized spacial score (nSPS) is 13.9. The second-order valence-corrected chi connectivity index (χ2v) is 7.96. The first-order valence-corrected chi connectivity index (χ1v) is 10.7. The zero-order valence-electron chi connectivity index (χ0n) is 16.6. The number of carbonyl (C=O) groups excluding carboxylic acids is 1. The summed E-state index contributed by atoms with van der Waals surface area (Å²) in [6, 6.07) is 14.3. The number of terminal acetylenes is 1. The van der Waals surface area contributed by atoms with Gasteiger partial charge in [0.15, 0.2) is 10.7 Å². The van der Waals surface area contributed by atoms with Gasteiger partial charge in [0.05, 0.1) is 5.69 Å². The van der Waals surface area contributed by atoms with E-state index in [-0.39, 0.29) is 6.03 Å². The Balaban J connectivity index is 1.22. The maximum atomic E-state index is 12.5. The summed E-state index contributed by atoms with van der Waals surface area (Å²) in [6.45, 7) is 2.81. The Labute approximate surface area is 183 Å². The number of urea groups is 1. The summed E-state index contributed by atoms with van der Waals surface area (Å²) in [4.78, 5) is 20.8. The fourth-order valence-corrected chi connectivity index (χ4v) is 4.23. The SMILES string of the molecule is C#Cc1nc(NC(=O)N2CCN(c3ccc(-c4cccc5nncn45)cc3)CC2)cs1. The highest BCUT2D eigenvalue weighted by atomic mass is 32.1. The monoisotopic (exact) mass is 429 g/mol. The molecule has 0 bridgehead atoms. The van der Waals surface area contributed by atoms with E-state index >= 15 is 0 Å². The number of hydrogen-bond acceptors (Lipinski definition) is 6. The molecule has 1 aliphatic heterocycles. The Bertz CT molecular complexity index is 1260. The lowest BCUT2D eigenvalue weighted by atomic mass is 10.1. The van der Waals surface area contributed by atoms with Gasteiger partial charge in [-0.3, -0.25) is 9.72 Å². The number of anilines is 2. The molecular weight excluding hydrogens is 410 g/mol. The summed E-state index contributed by atoms with van der Waals surface area (Å²) in [6.07, 6.45) is 7.06. The van der Waals surface area contributed by atoms with Gasteiger partial charge in [-0.2, -0.15) is 0 Å². The van der Waals surface area contributed by atoms with E-state index in [0.717, 1.165) is 35.7 Å². The summed E-state index contributed by atoms with van der Waals surface area (Å²) in [5.41, 5.74) is 4.11. The third-order valence-electron chi connectivity index (χ3n) is 5.29. The van der Waals surface area contributed by atoms with Gasteiger partial charge in [0, 0.05) is 37.2 Å². The number of aromatic nitrogens is 4. The van der Waals surface area contributed by atoms with Crippen LogP contribution in [-0.2, 0) is 0 Å². The average Bonchev–Trinajstić information content (AvgIpc) is 3.48. The molecule has 9 heteroatoms. The van der Waals surface area contributed by atoms with E-state index in [1.807, 2.05) is 16.5 Å². The standard InChI is InChI=1S/C22H19N7OS/c1-2-21-24-19(14-31-21)25-22(30)28-12-10-27(11-13-28)17-8-6-16(7-9-17)18-4-3-5-20-26-23-15-29(18)20/h1,3-9,14-15H,10-13H2,(H,25,30). The number of benzene rings is 1. The van der Waals surface area contributed by atoms with Crippen LogP contribution < -0.4 is 10.2 Å². The van der Waals surface area contributed by atoms with E-state index in [9.17, 15) is 4.79 Å². The molecule has 1 fully saturated rings. The number of hydrogen-bond donors (Lipinski definition) is 1. The van der Waals surface area contributed by atoms with Gasteiger partial charge in [-0.15, -0.1) is 28.0 Å². The fraction of sp³-hybridized carbons (Fsp3) is 0.182. The molecule has 3 aromatic heterocycles. The van der Waals surface area contributed by atoms with Crippen molar-refractivity contribution in [1.29, 1.82) is 0 Å². The molecule has 31 heavy (non-hydrogen) atoms. The molecule has 154 valence electrons. The topological polar surface area (TPSA) is 78.7 Å². The molecule has 0 atom stereocenters. The zero-order valence-corrected chi connectivity index (χ0v) is 17.4. The Kier molecular flexibility index (Phi) is 4.98. The Morgan fingerprint density at radius 3 is 2.65 bits per heavy atom. The molecule has 8 nitrogen and oxygen atoms in total. The van der Waals surface area contributed by atoms with Crippen LogP contribution in [-0.4, -0.2) is 56.7 Å². The molecule has 1 saturated heterocycles. The van der Waals surface area contributed by atoms with E-state index in [1.54, 1.807) is 16.6 Å². The number of fused-ring (bicyclic) bond motifs is 1. The van der Waals surface area contributed by atoms with Crippen LogP contribution in [0, 0.1) is 12.3 Å². The molecule has 2 amide bonds. The van der Waals surface area contributed by atoms with Gasteiger partial charge in [0.2, 0.25) is 0 Å². The summed E-state index contributed by atoms with van der Waals surface area (Å²) < 4.78 is 1.97. The van der Waals surface area contributed by atoms with Gasteiger partial charge < -0.3 is 9.80 Å². The number of amides is 2. The molecule has 1 N–H and O–H groups in total. The van der Waals surface area contributed by atoms with Gasteiger partial charge in [-0.25, -0.2) is 9.78 Å². The maximum Gasteiger partial charge on any atom is 0.323 e. The maximum absolute atomic E-state index is 12.5. The van der Waals surface area contributed by atoms with E-state index in [1.165, 1.54) is 11.3 Å². The van der Waals surface area contributed by atoms with Crippen molar-refractivity contribution in [2.45, 2.75) is 0 Å². The number of pyridine rings is 1. The minimum Gasteiger partial charge on any atom is -0.368 e. The van der Waals surface area contributed by atoms with Crippen molar-refractivity contribution < 1.29 is 4.79 Å². The summed E-state index contributed by atoms with van der Waals surface area (Å²) in [5.74, 6) is 2.98. The van der Waals surface area contributed by atoms with Crippen LogP contribution in [0.2, 0.25) is 0 Å². The fourth-order valence-electron chi connectivity index (χ4n) is 3.68. The van der Waals surface area contributed by atoms with Crippen LogP contribution in [0.5, 0.6) is 0 Å². The molecule has 0 radical (unpaired) electrons. The largest absolute Gasteiger partial charge is 0.368 e. The summed E-state index contributed by atoms with van der Waals surface area (Å²) in [7, 11) is 0. The smallest absolute Gasteiger partial charge is 0.323 e. The van der Waals surface area contributed by atoms with Crippen LogP contribution in [0.3, 0.4) is 0 Å². The van der Waals surface area contributed by atoms with E-state index < -0.39 is 0 Å². The molecule has 0 aliphatic carbocycles. The highest BCUT2D eigenvalue weighted by Gasteiger charge is 2.22. The van der Waals surface area contributed by atoms with Crippen LogP contribution in [0.1, 0.15) is 5.01 Å². The van der Waals surface area contributed by atoms with Crippen molar-refractivity contribution in [3.05, 3.63) is 59.2 Å². The van der Waals surface area contributed by atoms with Crippen molar-refractivity contribution in [2.24, 2.45) is 0 Å². The molecule has 4 aromatic rings. The predicted octanol–water partition coefficient (Wildman–Crippen LogP) is 3.19. The van der Waals surface area contributed by atoms with E-state index in [0.29, 0.717) is 23.9 Å². The average molecular weight is 430 g/mol. The first-order chi connectivity index (χ1) is 15.2. The summed E-state index contributed by atoms with van der Waals surface area (Å²) in [5, 5.41) is 13.2. The number of piperazine rings is 1. The third-order valence-corrected chi connectivity index (χ3v) is 6.06. The number of nitrogens with one attached hydrogen (secondary N) is 1. The summed E-state index contributed by atoms with van der Waals surface area (Å²) >= 11 is 1.34. The minimum absolute atomic E-state index is 0.147. The lowest BCUT2D eigenvalue weighted by molar-refractivity contribution is 0.208. The van der Waals surface area contributed by atoms with Crippen molar-refractivity contribution in [2.75, 3.05) is 36.4 Å². The zero-order chi connectivity index (χ0) is 21.2. The lowest BCUT2D eigenvalue weighted by Crippen LogP contribution is -2.50. The Hall–Kier alpha value is -3.90. The highest BCUT2D eigenvalue weighted by Crippen LogP contribution is 2.24. The number of carbonyl (C=O) groups is 1. The molecule has 1 aliphatic rings. The molecule has 1 aromatic carbocycles. The molecule has 0 spiro atoms. The highest BCUT2D eigenvalue weighted by molar-refractivity contribution is 7.10. The molecule has 0 saturated carbocycles. The molecular formula is C22H19N7OS. The van der Waals surface area contributed by atoms with Gasteiger partial charge in [0.1, 0.15) is 12.1 Å². The van der Waals surface area contributed by atoms with Crippen molar-refractivity contribution in [3.8, 4) is 23.6 Å². The van der Waals surface area contributed by atoms with Gasteiger partial charge in [0.25, 0.3) is 0 Å². The predicted molar refractivity (Wildman–Crippen MR) is 121 cm³/mol. The molecule has 5 rings (SSSR count). The number of thiazole rings is 1. The molecule has 4 heterocycles. The first kappa shape index (κ1) is 19.1. The van der Waals surface area contributed by atoms with E-state index in [4.69, 9.17) is 6.42 Å². The second kappa shape index (κ2) is 8.08. The lowest BCUT2D eigenvalue weighted by Gasteiger charge is -2.36. The number of nitrogens with zero attached hydrogens (tertiary/aromatic N) is 6. The van der Waals surface area contributed by atoms with Crippen molar-refractivity contribution in [3.63, 3.8) is 0 Å². The van der Waals surface area contributed by atoms with Gasteiger partial charge in [-0.1, -0.05) is 18.2 Å². The number of rotatable bonds is 3. The van der Waals surface area contributed by atoms with Gasteiger partial charge >= 0.3 is 6.03 Å². The molecule has 0 unspecified atom stereocenters. The van der Waals surface area contributed by atoms with Crippen LogP contribution in [0.15, 0.2) is 54.2 Å². The Morgan fingerprint density at radius 1 is 1.10 bits per heavy atom. The van der Waals surface area contributed by atoms with Crippen LogP contribution in [0.25, 0.3) is 16.9 Å². The quantitative estimate of drug-likeness (QED) is 0.506. The van der Waals surface area contributed by atoms with Crippen molar-refractivity contribution in [1.82, 2.24) is 24.5 Å².